The second-order valence-electron chi connectivity index (χ2n) is 12.0. The van der Waals surface area contributed by atoms with Crippen LogP contribution in [0.2, 0.25) is 0 Å². The molecule has 1 aliphatic rings. The van der Waals surface area contributed by atoms with Crippen LogP contribution in [0.4, 0.5) is 0 Å². The normalized spacial score (nSPS) is 12.8. The molecule has 4 heteroatoms. The number of hydrogen-bond acceptors (Lipinski definition) is 4. The van der Waals surface area contributed by atoms with Crippen molar-refractivity contribution in [2.24, 2.45) is 0 Å². The van der Waals surface area contributed by atoms with Gasteiger partial charge >= 0.3 is 0 Å². The van der Waals surface area contributed by atoms with E-state index in [2.05, 4.69) is 92.7 Å². The van der Waals surface area contributed by atoms with Crippen molar-refractivity contribution in [3.63, 3.8) is 0 Å². The fourth-order valence-electron chi connectivity index (χ4n) is 6.64. The van der Waals surface area contributed by atoms with Crippen molar-refractivity contribution in [2.45, 2.75) is 19.3 Å². The highest BCUT2D eigenvalue weighted by Gasteiger charge is 2.35. The first kappa shape index (κ1) is 26.7. The van der Waals surface area contributed by atoms with E-state index in [4.69, 9.17) is 15.0 Å². The Kier molecular flexibility index (Phi) is 6.15. The smallest absolute Gasteiger partial charge is 0.164 e. The molecule has 1 aromatic heterocycles. The highest BCUT2D eigenvalue weighted by Crippen LogP contribution is 2.49. The van der Waals surface area contributed by atoms with Gasteiger partial charge in [0.25, 0.3) is 0 Å². The van der Waals surface area contributed by atoms with Crippen LogP contribution >= 0.6 is 0 Å². The summed E-state index contributed by atoms with van der Waals surface area (Å²) in [6.45, 7) is 4.57. The van der Waals surface area contributed by atoms with Gasteiger partial charge in [-0.3, -0.25) is 0 Å². The Morgan fingerprint density at radius 2 is 1.00 bits per heavy atom. The van der Waals surface area contributed by atoms with Crippen molar-refractivity contribution in [2.75, 3.05) is 0 Å². The Bertz CT molecular complexity index is 2300. The molecule has 0 radical (unpaired) electrons. The summed E-state index contributed by atoms with van der Waals surface area (Å²) in [6.07, 6.45) is 0. The Hall–Kier alpha value is -5.92. The lowest BCUT2D eigenvalue weighted by molar-refractivity contribution is 0.660. The molecule has 0 saturated heterocycles. The van der Waals surface area contributed by atoms with E-state index in [1.165, 1.54) is 22.3 Å². The van der Waals surface area contributed by atoms with Crippen LogP contribution in [0, 0.1) is 11.3 Å². The van der Waals surface area contributed by atoms with Crippen LogP contribution in [0.25, 0.3) is 67.2 Å². The lowest BCUT2D eigenvalue weighted by Crippen LogP contribution is -2.15. The number of aromatic nitrogens is 3. The van der Waals surface area contributed by atoms with Gasteiger partial charge in [0.2, 0.25) is 0 Å². The van der Waals surface area contributed by atoms with E-state index in [0.717, 1.165) is 38.6 Å². The van der Waals surface area contributed by atoms with Gasteiger partial charge in [-0.05, 0) is 50.9 Å². The summed E-state index contributed by atoms with van der Waals surface area (Å²) < 4.78 is 0. The predicted molar refractivity (Wildman–Crippen MR) is 181 cm³/mol. The Morgan fingerprint density at radius 1 is 0.467 bits per heavy atom. The quantitative estimate of drug-likeness (QED) is 0.209. The number of rotatable bonds is 4. The van der Waals surface area contributed by atoms with Gasteiger partial charge in [-0.2, -0.15) is 5.26 Å². The van der Waals surface area contributed by atoms with E-state index in [9.17, 15) is 5.26 Å². The monoisotopic (exact) mass is 576 g/mol. The SMILES string of the molecule is CC1(C)c2ccccc2-c2ccc(-c3nc(-c4ccccc4)nc(-c4ccc(-c5ccc(C#N)c6ccccc56)cc4)n3)cc21. The van der Waals surface area contributed by atoms with Crippen LogP contribution in [0.3, 0.4) is 0 Å². The van der Waals surface area contributed by atoms with Crippen molar-refractivity contribution in [1.82, 2.24) is 15.0 Å². The Labute approximate surface area is 262 Å². The first-order valence-corrected chi connectivity index (χ1v) is 15.1. The maximum atomic E-state index is 9.61. The topological polar surface area (TPSA) is 62.5 Å². The zero-order chi connectivity index (χ0) is 30.5. The molecule has 1 aliphatic carbocycles. The van der Waals surface area contributed by atoms with Gasteiger partial charge in [-0.15, -0.1) is 0 Å². The molecule has 0 atom stereocenters. The van der Waals surface area contributed by atoms with Gasteiger partial charge in [-0.1, -0.05) is 135 Å². The van der Waals surface area contributed by atoms with Crippen molar-refractivity contribution in [3.8, 4) is 62.5 Å². The molecule has 0 N–H and O–H groups in total. The summed E-state index contributed by atoms with van der Waals surface area (Å²) in [6, 6.07) is 48.0. The highest BCUT2D eigenvalue weighted by atomic mass is 15.0. The molecule has 8 rings (SSSR count). The molecule has 0 bridgehead atoms. The van der Waals surface area contributed by atoms with Gasteiger partial charge < -0.3 is 0 Å². The summed E-state index contributed by atoms with van der Waals surface area (Å²) in [5, 5.41) is 11.6. The Morgan fingerprint density at radius 3 is 1.73 bits per heavy atom. The second-order valence-corrected chi connectivity index (χ2v) is 12.0. The van der Waals surface area contributed by atoms with Crippen LogP contribution < -0.4 is 0 Å². The van der Waals surface area contributed by atoms with Crippen molar-refractivity contribution < 1.29 is 0 Å². The maximum Gasteiger partial charge on any atom is 0.164 e. The van der Waals surface area contributed by atoms with E-state index in [1.807, 2.05) is 60.7 Å². The second kappa shape index (κ2) is 10.4. The van der Waals surface area contributed by atoms with Crippen LogP contribution in [0.5, 0.6) is 0 Å². The van der Waals surface area contributed by atoms with Crippen molar-refractivity contribution in [3.05, 3.63) is 150 Å². The van der Waals surface area contributed by atoms with E-state index < -0.39 is 0 Å². The average Bonchev–Trinajstić information content (AvgIpc) is 3.33. The molecular weight excluding hydrogens is 548 g/mol. The summed E-state index contributed by atoms with van der Waals surface area (Å²) >= 11 is 0. The minimum atomic E-state index is -0.120. The van der Waals surface area contributed by atoms with E-state index in [0.29, 0.717) is 23.0 Å². The maximum absolute atomic E-state index is 9.61. The molecule has 0 saturated carbocycles. The third-order valence-electron chi connectivity index (χ3n) is 9.01. The molecule has 0 fully saturated rings. The summed E-state index contributed by atoms with van der Waals surface area (Å²) in [5.74, 6) is 1.91. The molecule has 1 heterocycles. The number of fused-ring (bicyclic) bond motifs is 4. The standard InChI is InChI=1S/C41H28N4/c1-41(2)36-15-9-8-14-34(36)35-23-20-29(24-37(35)41)40-44-38(27-10-4-3-5-11-27)43-39(45-40)28-18-16-26(17-19-28)32-22-21-30(25-42)31-12-6-7-13-33(31)32/h3-24H,1-2H3. The van der Waals surface area contributed by atoms with Crippen LogP contribution in [-0.4, -0.2) is 15.0 Å². The first-order valence-electron chi connectivity index (χ1n) is 15.1. The molecule has 7 aromatic rings. The fraction of sp³-hybridized carbons (Fsp3) is 0.0732. The summed E-state index contributed by atoms with van der Waals surface area (Å²) in [4.78, 5) is 15.0. The number of nitrogens with zero attached hydrogens (tertiary/aromatic N) is 4. The molecule has 45 heavy (non-hydrogen) atoms. The van der Waals surface area contributed by atoms with Gasteiger partial charge in [0.05, 0.1) is 11.6 Å². The zero-order valence-electron chi connectivity index (χ0n) is 25.0. The lowest BCUT2D eigenvalue weighted by atomic mass is 9.82. The molecule has 0 aliphatic heterocycles. The highest BCUT2D eigenvalue weighted by molar-refractivity contribution is 5.99. The van der Waals surface area contributed by atoms with Gasteiger partial charge in [0.1, 0.15) is 0 Å². The first-order chi connectivity index (χ1) is 22.0. The molecule has 0 spiro atoms. The molecular formula is C41H28N4. The predicted octanol–water partition coefficient (Wildman–Crippen LogP) is 9.87. The minimum Gasteiger partial charge on any atom is -0.208 e. The molecule has 4 nitrogen and oxygen atoms in total. The van der Waals surface area contributed by atoms with Crippen LogP contribution in [0.1, 0.15) is 30.5 Å². The Balaban J connectivity index is 1.24. The molecule has 212 valence electrons. The zero-order valence-corrected chi connectivity index (χ0v) is 25.0. The number of hydrogen-bond donors (Lipinski definition) is 0. The van der Waals surface area contributed by atoms with Crippen LogP contribution in [-0.2, 0) is 5.41 Å². The summed E-state index contributed by atoms with van der Waals surface area (Å²) in [5.41, 5.74) is 10.7. The van der Waals surface area contributed by atoms with Gasteiger partial charge in [-0.25, -0.2) is 15.0 Å². The van der Waals surface area contributed by atoms with Crippen molar-refractivity contribution in [1.29, 1.82) is 5.26 Å². The summed E-state index contributed by atoms with van der Waals surface area (Å²) in [7, 11) is 0. The minimum absolute atomic E-state index is 0.120. The number of nitriles is 1. The van der Waals surface area contributed by atoms with E-state index in [1.54, 1.807) is 0 Å². The fourth-order valence-corrected chi connectivity index (χ4v) is 6.64. The lowest BCUT2D eigenvalue weighted by Gasteiger charge is -2.21. The average molecular weight is 577 g/mol. The van der Waals surface area contributed by atoms with E-state index in [-0.39, 0.29) is 5.41 Å². The van der Waals surface area contributed by atoms with Gasteiger partial charge in [0.15, 0.2) is 17.5 Å². The molecule has 0 unspecified atom stereocenters. The van der Waals surface area contributed by atoms with Crippen molar-refractivity contribution >= 4 is 10.8 Å². The van der Waals surface area contributed by atoms with E-state index >= 15 is 0 Å². The largest absolute Gasteiger partial charge is 0.208 e. The third-order valence-corrected chi connectivity index (χ3v) is 9.01. The van der Waals surface area contributed by atoms with Gasteiger partial charge in [0, 0.05) is 27.5 Å². The molecule has 6 aromatic carbocycles. The van der Waals surface area contributed by atoms with Crippen LogP contribution in [0.15, 0.2) is 133 Å². The molecule has 0 amide bonds. The number of benzene rings is 6. The third kappa shape index (κ3) is 4.41.